The number of ketones is 1. The highest BCUT2D eigenvalue weighted by Gasteiger charge is 2.49. The third kappa shape index (κ3) is 4.45. The first kappa shape index (κ1) is 19.3. The minimum Gasteiger partial charge on any atom is -0.465 e. The summed E-state index contributed by atoms with van der Waals surface area (Å²) in [5.41, 5.74) is 2.26. The smallest absolute Gasteiger partial charge is 0.320 e. The minimum absolute atomic E-state index is 0.0382. The quantitative estimate of drug-likeness (QED) is 0.580. The summed E-state index contributed by atoms with van der Waals surface area (Å²) in [5, 5.41) is 0. The van der Waals surface area contributed by atoms with E-state index in [9.17, 15) is 9.59 Å². The standard InChI is InChI=1S/C23H27NO3/c1-3-27-22(26)23(15-19-11-9-18(2)10-12-19)13-14-24(17-21(23)25)16-20-7-5-4-6-8-20/h4-12H,3,13-17H2,1-2H3. The van der Waals surface area contributed by atoms with Crippen molar-refractivity contribution >= 4 is 11.8 Å². The number of hydrogen-bond donors (Lipinski definition) is 0. The van der Waals surface area contributed by atoms with Crippen LogP contribution in [0.4, 0.5) is 0 Å². The molecular formula is C23H27NO3. The Bertz CT molecular complexity index is 785. The van der Waals surface area contributed by atoms with E-state index in [-0.39, 0.29) is 24.9 Å². The summed E-state index contributed by atoms with van der Waals surface area (Å²) in [6, 6.07) is 18.1. The summed E-state index contributed by atoms with van der Waals surface area (Å²) < 4.78 is 5.33. The number of aryl methyl sites for hydroxylation is 1. The molecule has 3 rings (SSSR count). The third-order valence-electron chi connectivity index (χ3n) is 5.30. The van der Waals surface area contributed by atoms with Gasteiger partial charge in [0.25, 0.3) is 0 Å². The normalized spacial score (nSPS) is 20.4. The second-order valence-corrected chi connectivity index (χ2v) is 7.33. The lowest BCUT2D eigenvalue weighted by molar-refractivity contribution is -0.163. The zero-order valence-electron chi connectivity index (χ0n) is 16.1. The number of nitrogens with zero attached hydrogens (tertiary/aromatic N) is 1. The Morgan fingerprint density at radius 1 is 1.07 bits per heavy atom. The van der Waals surface area contributed by atoms with E-state index in [1.54, 1.807) is 6.92 Å². The molecule has 0 saturated carbocycles. The molecule has 1 saturated heterocycles. The maximum atomic E-state index is 13.2. The number of benzene rings is 2. The van der Waals surface area contributed by atoms with Crippen LogP contribution >= 0.6 is 0 Å². The second kappa shape index (κ2) is 8.49. The van der Waals surface area contributed by atoms with E-state index in [0.29, 0.717) is 19.4 Å². The minimum atomic E-state index is -1.07. The SMILES string of the molecule is CCOC(=O)C1(Cc2ccc(C)cc2)CCN(Cc2ccccc2)CC1=O. The van der Waals surface area contributed by atoms with Crippen LogP contribution in [0.3, 0.4) is 0 Å². The first-order valence-electron chi connectivity index (χ1n) is 9.56. The maximum absolute atomic E-state index is 13.2. The fraction of sp³-hybridized carbons (Fsp3) is 0.391. The number of carbonyl (C=O) groups is 2. The zero-order chi connectivity index (χ0) is 19.3. The molecule has 142 valence electrons. The van der Waals surface area contributed by atoms with Gasteiger partial charge in [-0.3, -0.25) is 14.5 Å². The summed E-state index contributed by atoms with van der Waals surface area (Å²) in [6.07, 6.45) is 0.898. The maximum Gasteiger partial charge on any atom is 0.320 e. The van der Waals surface area contributed by atoms with Crippen molar-refractivity contribution in [2.45, 2.75) is 33.2 Å². The van der Waals surface area contributed by atoms with Crippen molar-refractivity contribution in [1.82, 2.24) is 4.90 Å². The topological polar surface area (TPSA) is 46.6 Å². The van der Waals surface area contributed by atoms with Crippen molar-refractivity contribution < 1.29 is 14.3 Å². The predicted octanol–water partition coefficient (Wildman–Crippen LogP) is 3.56. The molecule has 4 heteroatoms. The summed E-state index contributed by atoms with van der Waals surface area (Å²) in [5.74, 6) is -0.418. The number of likely N-dealkylation sites (tertiary alicyclic amines) is 1. The van der Waals surface area contributed by atoms with Crippen molar-refractivity contribution in [1.29, 1.82) is 0 Å². The number of piperidine rings is 1. The van der Waals surface area contributed by atoms with E-state index in [1.807, 2.05) is 49.4 Å². The molecule has 0 bridgehead atoms. The van der Waals surface area contributed by atoms with Gasteiger partial charge in [-0.1, -0.05) is 60.2 Å². The molecule has 1 aliphatic rings. The van der Waals surface area contributed by atoms with E-state index in [0.717, 1.165) is 17.7 Å². The summed E-state index contributed by atoms with van der Waals surface area (Å²) >= 11 is 0. The van der Waals surface area contributed by atoms with Crippen molar-refractivity contribution in [2.75, 3.05) is 19.7 Å². The Kier molecular flexibility index (Phi) is 6.07. The average Bonchev–Trinajstić information content (AvgIpc) is 2.67. The van der Waals surface area contributed by atoms with Gasteiger partial charge in [0.05, 0.1) is 13.2 Å². The van der Waals surface area contributed by atoms with Crippen LogP contribution in [0.25, 0.3) is 0 Å². The van der Waals surface area contributed by atoms with Gasteiger partial charge >= 0.3 is 5.97 Å². The Balaban J connectivity index is 1.78. The van der Waals surface area contributed by atoms with Gasteiger partial charge in [0.15, 0.2) is 5.78 Å². The van der Waals surface area contributed by atoms with Crippen molar-refractivity contribution in [2.24, 2.45) is 5.41 Å². The molecule has 0 N–H and O–H groups in total. The molecule has 1 heterocycles. The van der Waals surface area contributed by atoms with Gasteiger partial charge < -0.3 is 4.74 Å². The largest absolute Gasteiger partial charge is 0.465 e. The first-order valence-corrected chi connectivity index (χ1v) is 9.56. The number of carbonyl (C=O) groups excluding carboxylic acids is 2. The highest BCUT2D eigenvalue weighted by Crippen LogP contribution is 2.35. The van der Waals surface area contributed by atoms with Crippen LogP contribution in [0.2, 0.25) is 0 Å². The van der Waals surface area contributed by atoms with Gasteiger partial charge in [0.2, 0.25) is 0 Å². The Hall–Kier alpha value is -2.46. The molecule has 1 aliphatic heterocycles. The molecule has 0 aromatic heterocycles. The molecule has 1 fully saturated rings. The lowest BCUT2D eigenvalue weighted by Gasteiger charge is -2.38. The molecular weight excluding hydrogens is 338 g/mol. The van der Waals surface area contributed by atoms with Gasteiger partial charge in [0.1, 0.15) is 5.41 Å². The summed E-state index contributed by atoms with van der Waals surface area (Å²) in [7, 11) is 0. The fourth-order valence-electron chi connectivity index (χ4n) is 3.70. The molecule has 27 heavy (non-hydrogen) atoms. The Morgan fingerprint density at radius 3 is 2.41 bits per heavy atom. The predicted molar refractivity (Wildman–Crippen MR) is 105 cm³/mol. The number of esters is 1. The molecule has 4 nitrogen and oxygen atoms in total. The molecule has 2 aromatic carbocycles. The fourth-order valence-corrected chi connectivity index (χ4v) is 3.70. The van der Waals surface area contributed by atoms with Gasteiger partial charge in [0, 0.05) is 13.1 Å². The number of rotatable bonds is 6. The van der Waals surface area contributed by atoms with Gasteiger partial charge in [-0.2, -0.15) is 0 Å². The molecule has 0 radical (unpaired) electrons. The highest BCUT2D eigenvalue weighted by molar-refractivity contribution is 6.05. The van der Waals surface area contributed by atoms with Crippen molar-refractivity contribution in [3.8, 4) is 0 Å². The van der Waals surface area contributed by atoms with Gasteiger partial charge in [-0.05, 0) is 37.8 Å². The molecule has 1 unspecified atom stereocenters. The van der Waals surface area contributed by atoms with Crippen LogP contribution in [0.5, 0.6) is 0 Å². The molecule has 1 atom stereocenters. The van der Waals surface area contributed by atoms with E-state index >= 15 is 0 Å². The highest BCUT2D eigenvalue weighted by atomic mass is 16.5. The Labute approximate surface area is 161 Å². The summed E-state index contributed by atoms with van der Waals surface area (Å²) in [4.78, 5) is 28.1. The summed E-state index contributed by atoms with van der Waals surface area (Å²) in [6.45, 7) is 5.79. The monoisotopic (exact) mass is 365 g/mol. The van der Waals surface area contributed by atoms with Crippen molar-refractivity contribution in [3.63, 3.8) is 0 Å². The van der Waals surface area contributed by atoms with Gasteiger partial charge in [-0.15, -0.1) is 0 Å². The van der Waals surface area contributed by atoms with E-state index in [2.05, 4.69) is 17.0 Å². The van der Waals surface area contributed by atoms with Crippen LogP contribution in [0, 0.1) is 12.3 Å². The molecule has 2 aromatic rings. The van der Waals surface area contributed by atoms with Gasteiger partial charge in [-0.25, -0.2) is 0 Å². The van der Waals surface area contributed by atoms with E-state index in [4.69, 9.17) is 4.74 Å². The second-order valence-electron chi connectivity index (χ2n) is 7.33. The van der Waals surface area contributed by atoms with Crippen LogP contribution in [-0.4, -0.2) is 36.3 Å². The van der Waals surface area contributed by atoms with Crippen LogP contribution in [0.15, 0.2) is 54.6 Å². The molecule has 0 amide bonds. The molecule has 0 spiro atoms. The zero-order valence-corrected chi connectivity index (χ0v) is 16.1. The van der Waals surface area contributed by atoms with Crippen LogP contribution < -0.4 is 0 Å². The lowest BCUT2D eigenvalue weighted by Crippen LogP contribution is -2.53. The average molecular weight is 365 g/mol. The first-order chi connectivity index (χ1) is 13.0. The number of ether oxygens (including phenoxy) is 1. The Morgan fingerprint density at radius 2 is 1.78 bits per heavy atom. The molecule has 0 aliphatic carbocycles. The third-order valence-corrected chi connectivity index (χ3v) is 5.30. The van der Waals surface area contributed by atoms with E-state index in [1.165, 1.54) is 5.56 Å². The number of Topliss-reactive ketones (excluding diaryl/α,β-unsaturated/α-hetero) is 1. The lowest BCUT2D eigenvalue weighted by atomic mass is 9.72. The van der Waals surface area contributed by atoms with Crippen LogP contribution in [0.1, 0.15) is 30.0 Å². The van der Waals surface area contributed by atoms with Crippen molar-refractivity contribution in [3.05, 3.63) is 71.3 Å². The van der Waals surface area contributed by atoms with Crippen LogP contribution in [-0.2, 0) is 27.3 Å². The number of hydrogen-bond acceptors (Lipinski definition) is 4. The van der Waals surface area contributed by atoms with E-state index < -0.39 is 5.41 Å².